The van der Waals surface area contributed by atoms with E-state index >= 15 is 0 Å². The standard InChI is InChI=1S/C26H29N3O5/c1-17-22(14-28-25(30)23-10-9-20(34-23)16-32-2)21-11-12-29(15-19(21)13-27-17)26(31)24(33-3)18-7-5-4-6-8-18/h4-10,13,24H,11-12,14-16H2,1-3H3,(H,28,30)/t24-/m1/s1. The quantitative estimate of drug-likeness (QED) is 0.551. The highest BCUT2D eigenvalue weighted by molar-refractivity contribution is 5.91. The molecule has 34 heavy (non-hydrogen) atoms. The minimum absolute atomic E-state index is 0.0699. The zero-order valence-electron chi connectivity index (χ0n) is 19.7. The lowest BCUT2D eigenvalue weighted by Gasteiger charge is -2.32. The molecule has 3 aromatic rings. The van der Waals surface area contributed by atoms with Gasteiger partial charge in [0.25, 0.3) is 11.8 Å². The van der Waals surface area contributed by atoms with E-state index in [9.17, 15) is 9.59 Å². The van der Waals surface area contributed by atoms with Gasteiger partial charge < -0.3 is 24.1 Å². The van der Waals surface area contributed by atoms with E-state index in [-0.39, 0.29) is 17.6 Å². The van der Waals surface area contributed by atoms with E-state index in [2.05, 4.69) is 10.3 Å². The van der Waals surface area contributed by atoms with Crippen molar-refractivity contribution in [2.45, 2.75) is 39.1 Å². The number of hydrogen-bond donors (Lipinski definition) is 1. The maximum atomic E-state index is 13.2. The van der Waals surface area contributed by atoms with Crippen molar-refractivity contribution in [2.75, 3.05) is 20.8 Å². The zero-order chi connectivity index (χ0) is 24.1. The predicted molar refractivity (Wildman–Crippen MR) is 125 cm³/mol. The van der Waals surface area contributed by atoms with Gasteiger partial charge in [-0.05, 0) is 47.7 Å². The van der Waals surface area contributed by atoms with E-state index in [0.717, 1.165) is 27.9 Å². The van der Waals surface area contributed by atoms with Gasteiger partial charge in [-0.3, -0.25) is 14.6 Å². The highest BCUT2D eigenvalue weighted by atomic mass is 16.5. The van der Waals surface area contributed by atoms with Crippen molar-refractivity contribution < 1.29 is 23.5 Å². The van der Waals surface area contributed by atoms with Crippen LogP contribution in [0.4, 0.5) is 0 Å². The van der Waals surface area contributed by atoms with E-state index in [0.29, 0.717) is 38.4 Å². The molecular formula is C26H29N3O5. The number of amides is 2. The molecule has 0 saturated heterocycles. The number of pyridine rings is 1. The third-order valence-electron chi connectivity index (χ3n) is 6.07. The molecule has 0 unspecified atom stereocenters. The highest BCUT2D eigenvalue weighted by Gasteiger charge is 2.30. The maximum Gasteiger partial charge on any atom is 0.287 e. The SMILES string of the molecule is COCc1ccc(C(=O)NCc2c(C)ncc3c2CCN(C(=O)[C@H](OC)c2ccccc2)C3)o1. The van der Waals surface area contributed by atoms with Gasteiger partial charge >= 0.3 is 0 Å². The largest absolute Gasteiger partial charge is 0.453 e. The van der Waals surface area contributed by atoms with Crippen LogP contribution in [-0.2, 0) is 40.4 Å². The smallest absolute Gasteiger partial charge is 0.287 e. The van der Waals surface area contributed by atoms with Crippen LogP contribution in [0.1, 0.15) is 50.4 Å². The van der Waals surface area contributed by atoms with Crippen LogP contribution in [0.3, 0.4) is 0 Å². The van der Waals surface area contributed by atoms with Crippen LogP contribution in [-0.4, -0.2) is 42.5 Å². The number of nitrogens with zero attached hydrogens (tertiary/aromatic N) is 2. The Kier molecular flexibility index (Phi) is 7.40. The fraction of sp³-hybridized carbons (Fsp3) is 0.346. The Labute approximate surface area is 198 Å². The van der Waals surface area contributed by atoms with Crippen LogP contribution >= 0.6 is 0 Å². The van der Waals surface area contributed by atoms with Crippen molar-refractivity contribution in [3.63, 3.8) is 0 Å². The van der Waals surface area contributed by atoms with E-state index in [1.54, 1.807) is 26.4 Å². The summed E-state index contributed by atoms with van der Waals surface area (Å²) in [6.07, 6.45) is 1.86. The number of methoxy groups -OCH3 is 2. The normalized spacial score (nSPS) is 13.9. The molecule has 0 fully saturated rings. The van der Waals surface area contributed by atoms with Crippen molar-refractivity contribution in [3.8, 4) is 0 Å². The minimum Gasteiger partial charge on any atom is -0.453 e. The van der Waals surface area contributed by atoms with Crippen molar-refractivity contribution in [3.05, 3.63) is 88.1 Å². The molecule has 1 atom stereocenters. The van der Waals surface area contributed by atoms with Crippen LogP contribution in [0.15, 0.2) is 53.1 Å². The van der Waals surface area contributed by atoms with E-state index < -0.39 is 6.10 Å². The molecule has 8 heteroatoms. The lowest BCUT2D eigenvalue weighted by molar-refractivity contribution is -0.143. The van der Waals surface area contributed by atoms with Gasteiger partial charge in [0, 0.05) is 45.7 Å². The van der Waals surface area contributed by atoms with Crippen LogP contribution in [0.25, 0.3) is 0 Å². The van der Waals surface area contributed by atoms with Gasteiger partial charge in [-0.15, -0.1) is 0 Å². The fourth-order valence-electron chi connectivity index (χ4n) is 4.29. The van der Waals surface area contributed by atoms with Crippen LogP contribution < -0.4 is 5.32 Å². The number of rotatable bonds is 8. The number of ether oxygens (including phenoxy) is 2. The number of furan rings is 1. The van der Waals surface area contributed by atoms with Gasteiger partial charge in [-0.25, -0.2) is 0 Å². The molecule has 0 saturated carbocycles. The number of hydrogen-bond acceptors (Lipinski definition) is 6. The number of aryl methyl sites for hydroxylation is 1. The van der Waals surface area contributed by atoms with Gasteiger partial charge in [0.2, 0.25) is 0 Å². The first kappa shape index (κ1) is 23.7. The Balaban J connectivity index is 1.46. The molecule has 0 aliphatic carbocycles. The summed E-state index contributed by atoms with van der Waals surface area (Å²) in [6, 6.07) is 12.9. The number of aromatic nitrogens is 1. The molecule has 1 aliphatic heterocycles. The lowest BCUT2D eigenvalue weighted by Crippen LogP contribution is -2.40. The molecule has 1 aliphatic rings. The zero-order valence-corrected chi connectivity index (χ0v) is 19.7. The average Bonchev–Trinajstić information content (AvgIpc) is 3.33. The summed E-state index contributed by atoms with van der Waals surface area (Å²) >= 11 is 0. The molecule has 0 bridgehead atoms. The molecule has 178 valence electrons. The van der Waals surface area contributed by atoms with Gasteiger partial charge in [0.05, 0.1) is 0 Å². The molecule has 0 spiro atoms. The van der Waals surface area contributed by atoms with Crippen LogP contribution in [0.5, 0.6) is 0 Å². The van der Waals surface area contributed by atoms with Gasteiger partial charge in [0.1, 0.15) is 12.4 Å². The molecular weight excluding hydrogens is 434 g/mol. The number of carbonyl (C=O) groups is 2. The second-order valence-corrected chi connectivity index (χ2v) is 8.24. The molecule has 8 nitrogen and oxygen atoms in total. The molecule has 2 amide bonds. The number of benzene rings is 1. The van der Waals surface area contributed by atoms with Crippen LogP contribution in [0.2, 0.25) is 0 Å². The topological polar surface area (TPSA) is 93.9 Å². The maximum absolute atomic E-state index is 13.2. The monoisotopic (exact) mass is 463 g/mol. The van der Waals surface area contributed by atoms with Crippen molar-refractivity contribution >= 4 is 11.8 Å². The van der Waals surface area contributed by atoms with E-state index in [1.807, 2.05) is 48.4 Å². The summed E-state index contributed by atoms with van der Waals surface area (Å²) in [5, 5.41) is 2.93. The lowest BCUT2D eigenvalue weighted by atomic mass is 9.94. The summed E-state index contributed by atoms with van der Waals surface area (Å²) < 4.78 is 16.1. The Morgan fingerprint density at radius 2 is 1.97 bits per heavy atom. The molecule has 2 aromatic heterocycles. The highest BCUT2D eigenvalue weighted by Crippen LogP contribution is 2.27. The fourth-order valence-corrected chi connectivity index (χ4v) is 4.29. The molecule has 1 N–H and O–H groups in total. The first-order valence-corrected chi connectivity index (χ1v) is 11.2. The minimum atomic E-state index is -0.642. The number of nitrogens with one attached hydrogen (secondary N) is 1. The predicted octanol–water partition coefficient (Wildman–Crippen LogP) is 3.33. The van der Waals surface area contributed by atoms with Crippen LogP contribution in [0, 0.1) is 6.92 Å². The molecule has 0 radical (unpaired) electrons. The van der Waals surface area contributed by atoms with E-state index in [4.69, 9.17) is 13.9 Å². The van der Waals surface area contributed by atoms with Crippen molar-refractivity contribution in [2.24, 2.45) is 0 Å². The van der Waals surface area contributed by atoms with Gasteiger partial charge in [0.15, 0.2) is 11.9 Å². The Hall–Kier alpha value is -3.49. The molecule has 3 heterocycles. The summed E-state index contributed by atoms with van der Waals surface area (Å²) in [4.78, 5) is 32.1. The molecule has 4 rings (SSSR count). The summed E-state index contributed by atoms with van der Waals surface area (Å²) in [5.74, 6) is 0.472. The summed E-state index contributed by atoms with van der Waals surface area (Å²) in [5.41, 5.74) is 4.78. The second-order valence-electron chi connectivity index (χ2n) is 8.24. The van der Waals surface area contributed by atoms with E-state index in [1.165, 1.54) is 0 Å². The van der Waals surface area contributed by atoms with Gasteiger partial charge in [-0.1, -0.05) is 30.3 Å². The Morgan fingerprint density at radius 1 is 1.18 bits per heavy atom. The second kappa shape index (κ2) is 10.6. The van der Waals surface area contributed by atoms with Crippen molar-refractivity contribution in [1.29, 1.82) is 0 Å². The number of carbonyl (C=O) groups excluding carboxylic acids is 2. The molecule has 1 aromatic carbocycles. The Morgan fingerprint density at radius 3 is 2.71 bits per heavy atom. The van der Waals surface area contributed by atoms with Gasteiger partial charge in [-0.2, -0.15) is 0 Å². The number of fused-ring (bicyclic) bond motifs is 1. The van der Waals surface area contributed by atoms with Crippen molar-refractivity contribution in [1.82, 2.24) is 15.2 Å². The first-order valence-electron chi connectivity index (χ1n) is 11.2. The first-order chi connectivity index (χ1) is 16.5. The summed E-state index contributed by atoms with van der Waals surface area (Å²) in [6.45, 7) is 3.60. The Bertz CT molecular complexity index is 1160. The summed E-state index contributed by atoms with van der Waals surface area (Å²) in [7, 11) is 3.12. The average molecular weight is 464 g/mol. The third-order valence-corrected chi connectivity index (χ3v) is 6.07. The third kappa shape index (κ3) is 5.03.